The Hall–Kier alpha value is -7.11. The maximum absolute atomic E-state index is 5.23. The molecule has 1 aliphatic carbocycles. The van der Waals surface area contributed by atoms with Crippen molar-refractivity contribution in [2.75, 3.05) is 0 Å². The number of fused-ring (bicyclic) bond motifs is 13. The minimum Gasteiger partial charge on any atom is -0.309 e. The van der Waals surface area contributed by atoms with Gasteiger partial charge in [-0.3, -0.25) is 0 Å². The van der Waals surface area contributed by atoms with Gasteiger partial charge in [0.05, 0.1) is 22.2 Å². The lowest BCUT2D eigenvalue weighted by molar-refractivity contribution is 0.660. The molecular formula is C50H33N5. The van der Waals surface area contributed by atoms with Gasteiger partial charge in [0, 0.05) is 38.4 Å². The second kappa shape index (κ2) is 11.0. The second-order valence-electron chi connectivity index (χ2n) is 15.3. The highest BCUT2D eigenvalue weighted by Crippen LogP contribution is 2.50. The smallest absolute Gasteiger partial charge is 0.253 e. The van der Waals surface area contributed by atoms with Crippen molar-refractivity contribution in [3.63, 3.8) is 0 Å². The minimum atomic E-state index is -0.0544. The first-order valence-corrected chi connectivity index (χ1v) is 18.9. The molecule has 0 unspecified atom stereocenters. The maximum atomic E-state index is 5.23. The van der Waals surface area contributed by atoms with Crippen LogP contribution in [0.5, 0.6) is 0 Å². The number of nitrogens with zero attached hydrogens (tertiary/aromatic N) is 5. The number of para-hydroxylation sites is 1. The summed E-state index contributed by atoms with van der Waals surface area (Å²) in [6, 6.07) is 59.0. The molecule has 11 aromatic rings. The van der Waals surface area contributed by atoms with Crippen molar-refractivity contribution in [1.29, 1.82) is 0 Å². The number of rotatable bonds is 3. The van der Waals surface area contributed by atoms with Crippen molar-refractivity contribution in [3.8, 4) is 39.5 Å². The molecule has 12 rings (SSSR count). The first-order chi connectivity index (χ1) is 27.0. The van der Waals surface area contributed by atoms with Crippen LogP contribution in [0.25, 0.3) is 99.5 Å². The largest absolute Gasteiger partial charge is 0.309 e. The summed E-state index contributed by atoms with van der Waals surface area (Å²) in [5.41, 5.74) is 12.5. The van der Waals surface area contributed by atoms with Gasteiger partial charge in [0.15, 0.2) is 5.82 Å². The highest BCUT2D eigenvalue weighted by molar-refractivity contribution is 6.28. The fourth-order valence-corrected chi connectivity index (χ4v) is 9.38. The molecule has 0 N–H and O–H groups in total. The van der Waals surface area contributed by atoms with Gasteiger partial charge in [-0.25, -0.2) is 4.98 Å². The summed E-state index contributed by atoms with van der Waals surface area (Å²) in [7, 11) is 0. The van der Waals surface area contributed by atoms with Crippen molar-refractivity contribution in [1.82, 2.24) is 24.1 Å². The normalized spacial score (nSPS) is 13.4. The monoisotopic (exact) mass is 703 g/mol. The van der Waals surface area contributed by atoms with Gasteiger partial charge in [0.1, 0.15) is 0 Å². The summed E-state index contributed by atoms with van der Waals surface area (Å²) in [4.78, 5) is 10.3. The highest BCUT2D eigenvalue weighted by atomic mass is 15.3. The lowest BCUT2D eigenvalue weighted by Gasteiger charge is -2.21. The molecule has 0 saturated carbocycles. The molecule has 258 valence electrons. The number of benzene rings is 8. The van der Waals surface area contributed by atoms with Crippen LogP contribution < -0.4 is 0 Å². The molecule has 0 atom stereocenters. The van der Waals surface area contributed by atoms with E-state index >= 15 is 0 Å². The third-order valence-corrected chi connectivity index (χ3v) is 12.0. The number of aromatic nitrogens is 5. The summed E-state index contributed by atoms with van der Waals surface area (Å²) < 4.78 is 4.28. The Morgan fingerprint density at radius 2 is 1.13 bits per heavy atom. The van der Waals surface area contributed by atoms with Crippen LogP contribution in [0, 0.1) is 0 Å². The quantitative estimate of drug-likeness (QED) is 0.184. The Balaban J connectivity index is 1.04. The average molecular weight is 704 g/mol. The molecule has 0 fully saturated rings. The zero-order chi connectivity index (χ0) is 36.4. The topological polar surface area (TPSA) is 48.0 Å². The van der Waals surface area contributed by atoms with Gasteiger partial charge in [0.25, 0.3) is 5.78 Å². The van der Waals surface area contributed by atoms with E-state index in [-0.39, 0.29) is 5.41 Å². The van der Waals surface area contributed by atoms with E-state index in [9.17, 15) is 0 Å². The van der Waals surface area contributed by atoms with Crippen molar-refractivity contribution in [2.24, 2.45) is 0 Å². The second-order valence-corrected chi connectivity index (χ2v) is 15.3. The van der Waals surface area contributed by atoms with Gasteiger partial charge >= 0.3 is 0 Å². The van der Waals surface area contributed by atoms with Crippen LogP contribution in [-0.2, 0) is 5.41 Å². The van der Waals surface area contributed by atoms with Crippen LogP contribution in [0.2, 0.25) is 0 Å². The van der Waals surface area contributed by atoms with E-state index in [1.807, 2.05) is 4.52 Å². The van der Waals surface area contributed by atoms with Crippen LogP contribution in [0.4, 0.5) is 0 Å². The molecule has 5 nitrogen and oxygen atoms in total. The van der Waals surface area contributed by atoms with Crippen molar-refractivity contribution < 1.29 is 0 Å². The first-order valence-electron chi connectivity index (χ1n) is 18.9. The fourth-order valence-electron chi connectivity index (χ4n) is 9.38. The standard InChI is InChI=1S/C50H33N5/c1-50(2)40-20-9-7-18-37(40)39-29-32(22-25-41(39)50)47-38-19-8-10-21-42(38)55-49(51-47)52-48(53-55)33-14-11-15-34(28-33)54-43-26-23-30-12-3-5-16-35(30)45(43)46-36-17-6-4-13-31(36)24-27-44(46)54/h3-29H,1-2H3. The Labute approximate surface area is 316 Å². The minimum absolute atomic E-state index is 0.0544. The molecule has 0 spiro atoms. The molecule has 0 saturated heterocycles. The molecule has 8 aromatic carbocycles. The molecule has 0 aliphatic heterocycles. The van der Waals surface area contributed by atoms with E-state index in [1.54, 1.807) is 0 Å². The van der Waals surface area contributed by atoms with Crippen molar-refractivity contribution in [2.45, 2.75) is 19.3 Å². The van der Waals surface area contributed by atoms with E-state index in [0.29, 0.717) is 11.6 Å². The van der Waals surface area contributed by atoms with Gasteiger partial charge in [0.2, 0.25) is 0 Å². The van der Waals surface area contributed by atoms with Crippen LogP contribution >= 0.6 is 0 Å². The molecule has 1 aliphatic rings. The highest BCUT2D eigenvalue weighted by Gasteiger charge is 2.35. The van der Waals surface area contributed by atoms with Crippen molar-refractivity contribution >= 4 is 60.0 Å². The van der Waals surface area contributed by atoms with Gasteiger partial charge in [-0.1, -0.05) is 141 Å². The fraction of sp³-hybridized carbons (Fsp3) is 0.0600. The van der Waals surface area contributed by atoms with E-state index in [4.69, 9.17) is 15.1 Å². The third kappa shape index (κ3) is 4.21. The zero-order valence-electron chi connectivity index (χ0n) is 30.3. The van der Waals surface area contributed by atoms with Gasteiger partial charge in [-0.2, -0.15) is 9.50 Å². The Morgan fingerprint density at radius 1 is 0.473 bits per heavy atom. The van der Waals surface area contributed by atoms with Gasteiger partial charge in [-0.05, 0) is 80.2 Å². The molecule has 3 heterocycles. The van der Waals surface area contributed by atoms with E-state index < -0.39 is 0 Å². The lowest BCUT2D eigenvalue weighted by atomic mass is 9.82. The van der Waals surface area contributed by atoms with Crippen LogP contribution in [0.3, 0.4) is 0 Å². The van der Waals surface area contributed by atoms with Crippen LogP contribution in [0.1, 0.15) is 25.0 Å². The molecule has 0 radical (unpaired) electrons. The average Bonchev–Trinajstić information content (AvgIpc) is 3.90. The van der Waals surface area contributed by atoms with Crippen molar-refractivity contribution in [3.05, 3.63) is 175 Å². The van der Waals surface area contributed by atoms with Crippen LogP contribution in [0.15, 0.2) is 164 Å². The molecule has 55 heavy (non-hydrogen) atoms. The third-order valence-electron chi connectivity index (χ3n) is 12.0. The van der Waals surface area contributed by atoms with Crippen LogP contribution in [-0.4, -0.2) is 24.1 Å². The van der Waals surface area contributed by atoms with Gasteiger partial charge in [-0.15, -0.1) is 5.10 Å². The Morgan fingerprint density at radius 3 is 1.89 bits per heavy atom. The first kappa shape index (κ1) is 30.4. The molecular weight excluding hydrogens is 671 g/mol. The maximum Gasteiger partial charge on any atom is 0.253 e. The molecule has 0 amide bonds. The Kier molecular flexibility index (Phi) is 6.05. The zero-order valence-corrected chi connectivity index (χ0v) is 30.3. The summed E-state index contributed by atoms with van der Waals surface area (Å²) in [6.45, 7) is 4.63. The molecule has 5 heteroatoms. The summed E-state index contributed by atoms with van der Waals surface area (Å²) in [5.74, 6) is 1.21. The van der Waals surface area contributed by atoms with E-state index in [1.165, 1.54) is 65.6 Å². The predicted molar refractivity (Wildman–Crippen MR) is 226 cm³/mol. The predicted octanol–water partition coefficient (Wildman–Crippen LogP) is 12.3. The summed E-state index contributed by atoms with van der Waals surface area (Å²) in [6.07, 6.45) is 0. The number of hydrogen-bond donors (Lipinski definition) is 0. The van der Waals surface area contributed by atoms with Gasteiger partial charge < -0.3 is 4.57 Å². The molecule has 0 bridgehead atoms. The van der Waals surface area contributed by atoms with E-state index in [2.05, 4.69) is 182 Å². The summed E-state index contributed by atoms with van der Waals surface area (Å²) in [5, 5.41) is 13.7. The number of hydrogen-bond acceptors (Lipinski definition) is 3. The van der Waals surface area contributed by atoms with E-state index in [0.717, 1.165) is 33.4 Å². The molecule has 3 aromatic heterocycles. The lowest BCUT2D eigenvalue weighted by Crippen LogP contribution is -2.14. The Bertz CT molecular complexity index is 3330. The summed E-state index contributed by atoms with van der Waals surface area (Å²) >= 11 is 0. The SMILES string of the molecule is CC1(C)c2ccccc2-c2cc(-c3nc4nc(-c5cccc(-n6c7ccc8ccccc8c7c7c8ccccc8ccc76)c5)nn4c4ccccc34)ccc21.